The Morgan fingerprint density at radius 1 is 1.69 bits per heavy atom. The monoisotopic (exact) mass is 287 g/mol. The lowest BCUT2D eigenvalue weighted by Crippen LogP contribution is -2.18. The van der Waals surface area contributed by atoms with Crippen molar-refractivity contribution in [2.75, 3.05) is 0 Å². The van der Waals surface area contributed by atoms with Crippen LogP contribution < -0.4 is 0 Å². The van der Waals surface area contributed by atoms with Crippen molar-refractivity contribution in [2.24, 2.45) is 5.92 Å². The van der Waals surface area contributed by atoms with E-state index >= 15 is 0 Å². The summed E-state index contributed by atoms with van der Waals surface area (Å²) in [6.07, 6.45) is 5.95. The average molecular weight is 287 g/mol. The molecule has 1 saturated carbocycles. The van der Waals surface area contributed by atoms with E-state index in [1.54, 1.807) is 0 Å². The quantitative estimate of drug-likeness (QED) is 0.782. The summed E-state index contributed by atoms with van der Waals surface area (Å²) in [5.74, 6) is 0.794. The summed E-state index contributed by atoms with van der Waals surface area (Å²) in [7, 11) is 0. The van der Waals surface area contributed by atoms with Gasteiger partial charge in [0.15, 0.2) is 5.69 Å². The van der Waals surface area contributed by atoms with Crippen LogP contribution in [-0.4, -0.2) is 9.78 Å². The third-order valence-electron chi connectivity index (χ3n) is 2.49. The van der Waals surface area contributed by atoms with Crippen molar-refractivity contribution in [3.8, 4) is 6.07 Å². The van der Waals surface area contributed by atoms with Crippen molar-refractivity contribution in [1.82, 2.24) is 9.78 Å². The smallest absolute Gasteiger partial charge is 0.175 e. The van der Waals surface area contributed by atoms with Crippen molar-refractivity contribution in [2.45, 2.75) is 25.8 Å². The molecule has 0 aromatic carbocycles. The molecule has 68 valence electrons. The summed E-state index contributed by atoms with van der Waals surface area (Å²) >= 11 is 2.15. The van der Waals surface area contributed by atoms with E-state index in [1.807, 2.05) is 10.9 Å². The second-order valence-corrected chi connectivity index (χ2v) is 4.62. The van der Waals surface area contributed by atoms with Gasteiger partial charge in [0, 0.05) is 12.7 Å². The molecule has 0 radical (unpaired) electrons. The molecule has 4 heteroatoms. The fraction of sp³-hybridized carbons (Fsp3) is 0.556. The Bertz CT molecular complexity index is 346. The van der Waals surface area contributed by atoms with Crippen molar-refractivity contribution in [3.63, 3.8) is 0 Å². The summed E-state index contributed by atoms with van der Waals surface area (Å²) in [6.45, 7) is 0.984. The molecule has 0 atom stereocenters. The summed E-state index contributed by atoms with van der Waals surface area (Å²) in [4.78, 5) is 0. The molecule has 1 aromatic rings. The van der Waals surface area contributed by atoms with E-state index in [0.717, 1.165) is 16.0 Å². The van der Waals surface area contributed by atoms with Crippen LogP contribution in [0.3, 0.4) is 0 Å². The van der Waals surface area contributed by atoms with Gasteiger partial charge in [-0.2, -0.15) is 10.4 Å². The molecule has 1 aromatic heterocycles. The fourth-order valence-corrected chi connectivity index (χ4v) is 2.06. The third-order valence-corrected chi connectivity index (χ3v) is 3.28. The summed E-state index contributed by atoms with van der Waals surface area (Å²) < 4.78 is 2.86. The number of nitrogens with zero attached hydrogens (tertiary/aromatic N) is 3. The van der Waals surface area contributed by atoms with E-state index in [0.29, 0.717) is 5.69 Å². The van der Waals surface area contributed by atoms with Crippen LogP contribution in [0, 0.1) is 20.8 Å². The Balaban J connectivity index is 2.08. The van der Waals surface area contributed by atoms with Gasteiger partial charge in [-0.3, -0.25) is 4.68 Å². The van der Waals surface area contributed by atoms with Crippen LogP contribution in [-0.2, 0) is 6.54 Å². The topological polar surface area (TPSA) is 41.6 Å². The zero-order chi connectivity index (χ0) is 9.26. The van der Waals surface area contributed by atoms with E-state index in [1.165, 1.54) is 19.3 Å². The van der Waals surface area contributed by atoms with Gasteiger partial charge < -0.3 is 0 Å². The number of nitriles is 1. The van der Waals surface area contributed by atoms with Crippen LogP contribution in [0.2, 0.25) is 0 Å². The maximum atomic E-state index is 8.71. The lowest BCUT2D eigenvalue weighted by Gasteiger charge is -2.24. The molecule has 3 nitrogen and oxygen atoms in total. The van der Waals surface area contributed by atoms with Gasteiger partial charge >= 0.3 is 0 Å². The molecule has 0 aliphatic heterocycles. The summed E-state index contributed by atoms with van der Waals surface area (Å²) in [6, 6.07) is 2.09. The van der Waals surface area contributed by atoms with Gasteiger partial charge in [-0.25, -0.2) is 0 Å². The average Bonchev–Trinajstić information content (AvgIpc) is 2.39. The van der Waals surface area contributed by atoms with Crippen molar-refractivity contribution in [1.29, 1.82) is 5.26 Å². The number of rotatable bonds is 2. The number of halogens is 1. The van der Waals surface area contributed by atoms with E-state index in [-0.39, 0.29) is 0 Å². The molecule has 0 saturated heterocycles. The first kappa shape index (κ1) is 9.00. The third kappa shape index (κ3) is 1.85. The highest BCUT2D eigenvalue weighted by Crippen LogP contribution is 2.27. The van der Waals surface area contributed by atoms with E-state index in [9.17, 15) is 0 Å². The Morgan fingerprint density at radius 2 is 2.46 bits per heavy atom. The lowest BCUT2D eigenvalue weighted by molar-refractivity contribution is 0.266. The predicted molar refractivity (Wildman–Crippen MR) is 57.0 cm³/mol. The Hall–Kier alpha value is -0.570. The van der Waals surface area contributed by atoms with Gasteiger partial charge in [-0.15, -0.1) is 0 Å². The minimum atomic E-state index is 0.555. The van der Waals surface area contributed by atoms with E-state index < -0.39 is 0 Å². The van der Waals surface area contributed by atoms with Gasteiger partial charge in [-0.05, 0) is 41.4 Å². The first-order valence-electron chi connectivity index (χ1n) is 4.42. The molecule has 13 heavy (non-hydrogen) atoms. The van der Waals surface area contributed by atoms with Crippen LogP contribution in [0.5, 0.6) is 0 Å². The maximum absolute atomic E-state index is 8.71. The second-order valence-electron chi connectivity index (χ2n) is 3.46. The van der Waals surface area contributed by atoms with Crippen LogP contribution >= 0.6 is 22.6 Å². The van der Waals surface area contributed by atoms with Crippen molar-refractivity contribution >= 4 is 22.6 Å². The molecule has 0 unspecified atom stereocenters. The molecule has 1 aliphatic rings. The van der Waals surface area contributed by atoms with Gasteiger partial charge in [0.25, 0.3) is 0 Å². The Kier molecular flexibility index (Phi) is 2.54. The van der Waals surface area contributed by atoms with E-state index in [2.05, 4.69) is 33.8 Å². The molecule has 0 amide bonds. The summed E-state index contributed by atoms with van der Waals surface area (Å²) in [5, 5.41) is 12.9. The fourth-order valence-electron chi connectivity index (χ4n) is 1.51. The molecule has 1 fully saturated rings. The molecule has 0 bridgehead atoms. The number of hydrogen-bond donors (Lipinski definition) is 0. The zero-order valence-corrected chi connectivity index (χ0v) is 9.36. The van der Waals surface area contributed by atoms with Gasteiger partial charge in [0.05, 0.1) is 3.57 Å². The zero-order valence-electron chi connectivity index (χ0n) is 7.20. The summed E-state index contributed by atoms with van der Waals surface area (Å²) in [5.41, 5.74) is 0.555. The SMILES string of the molecule is N#Cc1nn(CC2CCC2)cc1I. The van der Waals surface area contributed by atoms with Crippen LogP contribution in [0.1, 0.15) is 25.0 Å². The highest BCUT2D eigenvalue weighted by molar-refractivity contribution is 14.1. The lowest BCUT2D eigenvalue weighted by atomic mass is 9.85. The van der Waals surface area contributed by atoms with Crippen molar-refractivity contribution in [3.05, 3.63) is 15.5 Å². The highest BCUT2D eigenvalue weighted by Gasteiger charge is 2.18. The first-order chi connectivity index (χ1) is 6.29. The number of hydrogen-bond acceptors (Lipinski definition) is 2. The first-order valence-corrected chi connectivity index (χ1v) is 5.50. The molecule has 0 spiro atoms. The van der Waals surface area contributed by atoms with Gasteiger partial charge in [0.1, 0.15) is 6.07 Å². The Labute approximate surface area is 90.9 Å². The molecule has 1 heterocycles. The van der Waals surface area contributed by atoms with E-state index in [4.69, 9.17) is 5.26 Å². The molecular formula is C9H10IN3. The minimum absolute atomic E-state index is 0.555. The van der Waals surface area contributed by atoms with Gasteiger partial charge in [0.2, 0.25) is 0 Å². The van der Waals surface area contributed by atoms with Crippen LogP contribution in [0.15, 0.2) is 6.20 Å². The molecule has 2 rings (SSSR count). The standard InChI is InChI=1S/C9H10IN3/c10-8-6-13(12-9(8)4-11)5-7-2-1-3-7/h6-7H,1-3,5H2. The maximum Gasteiger partial charge on any atom is 0.175 e. The van der Waals surface area contributed by atoms with Crippen LogP contribution in [0.4, 0.5) is 0 Å². The minimum Gasteiger partial charge on any atom is -0.270 e. The molecular weight excluding hydrogens is 277 g/mol. The van der Waals surface area contributed by atoms with Crippen molar-refractivity contribution < 1.29 is 0 Å². The molecule has 0 N–H and O–H groups in total. The highest BCUT2D eigenvalue weighted by atomic mass is 127. The normalized spacial score (nSPS) is 16.6. The Morgan fingerprint density at radius 3 is 2.92 bits per heavy atom. The predicted octanol–water partition coefficient (Wildman–Crippen LogP) is 2.16. The molecule has 1 aliphatic carbocycles. The number of aromatic nitrogens is 2. The van der Waals surface area contributed by atoms with Gasteiger partial charge in [-0.1, -0.05) is 6.42 Å². The second kappa shape index (κ2) is 3.66. The van der Waals surface area contributed by atoms with Crippen LogP contribution in [0.25, 0.3) is 0 Å². The largest absolute Gasteiger partial charge is 0.270 e.